The van der Waals surface area contributed by atoms with Crippen molar-refractivity contribution in [2.24, 2.45) is 0 Å². The quantitative estimate of drug-likeness (QED) is 0.265. The second-order valence-corrected chi connectivity index (χ2v) is 12.6. The number of carbonyl (C=O) groups excluding carboxylic acids is 2. The van der Waals surface area contributed by atoms with E-state index in [1.54, 1.807) is 62.4 Å². The number of carbonyl (C=O) groups is 2. The van der Waals surface area contributed by atoms with Gasteiger partial charge in [-0.25, -0.2) is 8.42 Å². The first-order chi connectivity index (χ1) is 18.8. The summed E-state index contributed by atoms with van der Waals surface area (Å²) >= 11 is 18.5. The molecule has 214 valence electrons. The Bertz CT molecular complexity index is 1470. The van der Waals surface area contributed by atoms with Gasteiger partial charge < -0.3 is 10.2 Å². The van der Waals surface area contributed by atoms with Crippen LogP contribution in [0.1, 0.15) is 38.3 Å². The van der Waals surface area contributed by atoms with Crippen LogP contribution in [-0.4, -0.2) is 43.8 Å². The van der Waals surface area contributed by atoms with Gasteiger partial charge in [-0.2, -0.15) is 0 Å². The summed E-state index contributed by atoms with van der Waals surface area (Å²) in [4.78, 5) is 28.5. The van der Waals surface area contributed by atoms with Crippen molar-refractivity contribution in [3.05, 3.63) is 92.9 Å². The van der Waals surface area contributed by atoms with Gasteiger partial charge in [-0.15, -0.1) is 0 Å². The summed E-state index contributed by atoms with van der Waals surface area (Å²) in [5.41, 5.74) is 1.49. The molecule has 0 aliphatic carbocycles. The Morgan fingerprint density at radius 1 is 0.925 bits per heavy atom. The molecule has 0 fully saturated rings. The maximum Gasteiger partial charge on any atom is 0.264 e. The molecule has 2 amide bonds. The van der Waals surface area contributed by atoms with E-state index in [1.807, 2.05) is 13.8 Å². The Kier molecular flexibility index (Phi) is 10.9. The van der Waals surface area contributed by atoms with Crippen molar-refractivity contribution >= 4 is 62.3 Å². The third kappa shape index (κ3) is 7.69. The molecule has 2 atom stereocenters. The second-order valence-electron chi connectivity index (χ2n) is 9.52. The lowest BCUT2D eigenvalue weighted by molar-refractivity contribution is -0.139. The zero-order valence-corrected chi connectivity index (χ0v) is 25.8. The van der Waals surface area contributed by atoms with Gasteiger partial charge in [0.15, 0.2) is 0 Å². The molecular formula is C29H32Cl3N3O4S. The van der Waals surface area contributed by atoms with Crippen LogP contribution in [0.4, 0.5) is 5.69 Å². The van der Waals surface area contributed by atoms with Crippen molar-refractivity contribution in [3.8, 4) is 0 Å². The van der Waals surface area contributed by atoms with Gasteiger partial charge in [-0.05, 0) is 74.7 Å². The predicted octanol–water partition coefficient (Wildman–Crippen LogP) is 6.48. The minimum absolute atomic E-state index is 0.00142. The van der Waals surface area contributed by atoms with Crippen LogP contribution in [0.15, 0.2) is 71.6 Å². The van der Waals surface area contributed by atoms with Gasteiger partial charge in [0.2, 0.25) is 11.8 Å². The zero-order valence-electron chi connectivity index (χ0n) is 22.7. The molecule has 3 rings (SSSR count). The second kappa shape index (κ2) is 13.7. The number of rotatable bonds is 11. The van der Waals surface area contributed by atoms with Crippen molar-refractivity contribution in [1.29, 1.82) is 0 Å². The van der Waals surface area contributed by atoms with Crippen LogP contribution >= 0.6 is 34.8 Å². The smallest absolute Gasteiger partial charge is 0.264 e. The fraction of sp³-hybridized carbons (Fsp3) is 0.310. The van der Waals surface area contributed by atoms with Gasteiger partial charge in [0, 0.05) is 17.6 Å². The molecule has 0 bridgehead atoms. The number of sulfonamides is 1. The number of nitrogens with zero attached hydrogens (tertiary/aromatic N) is 2. The molecule has 2 unspecified atom stereocenters. The first-order valence-electron chi connectivity index (χ1n) is 12.7. The number of benzene rings is 3. The lowest BCUT2D eigenvalue weighted by atomic mass is 10.1. The van der Waals surface area contributed by atoms with Gasteiger partial charge in [-0.3, -0.25) is 13.9 Å². The summed E-state index contributed by atoms with van der Waals surface area (Å²) in [6.07, 6.45) is 0.705. The van der Waals surface area contributed by atoms with Crippen LogP contribution in [-0.2, 0) is 26.2 Å². The van der Waals surface area contributed by atoms with Crippen LogP contribution in [0.2, 0.25) is 15.1 Å². The van der Waals surface area contributed by atoms with Crippen LogP contribution < -0.4 is 9.62 Å². The van der Waals surface area contributed by atoms with Crippen molar-refractivity contribution in [3.63, 3.8) is 0 Å². The van der Waals surface area contributed by atoms with E-state index in [2.05, 4.69) is 5.32 Å². The van der Waals surface area contributed by atoms with Gasteiger partial charge in [0.1, 0.15) is 12.6 Å². The van der Waals surface area contributed by atoms with E-state index < -0.39 is 28.5 Å². The molecule has 0 saturated heterocycles. The molecule has 3 aromatic carbocycles. The molecule has 40 heavy (non-hydrogen) atoms. The zero-order chi connectivity index (χ0) is 29.6. The molecular weight excluding hydrogens is 593 g/mol. The minimum Gasteiger partial charge on any atom is -0.352 e. The highest BCUT2D eigenvalue weighted by Gasteiger charge is 2.33. The Labute approximate surface area is 251 Å². The number of amides is 2. The van der Waals surface area contributed by atoms with Crippen LogP contribution in [0.3, 0.4) is 0 Å². The van der Waals surface area contributed by atoms with E-state index in [0.29, 0.717) is 32.6 Å². The van der Waals surface area contributed by atoms with E-state index in [-0.39, 0.29) is 29.1 Å². The molecule has 0 aliphatic rings. The highest BCUT2D eigenvalue weighted by molar-refractivity contribution is 7.92. The van der Waals surface area contributed by atoms with E-state index >= 15 is 0 Å². The molecule has 11 heteroatoms. The summed E-state index contributed by atoms with van der Waals surface area (Å²) in [6.45, 7) is 6.58. The highest BCUT2D eigenvalue weighted by atomic mass is 35.5. The molecule has 0 aromatic heterocycles. The molecule has 1 N–H and O–H groups in total. The highest BCUT2D eigenvalue weighted by Crippen LogP contribution is 2.30. The minimum atomic E-state index is -4.19. The number of aryl methyl sites for hydroxylation is 1. The van der Waals surface area contributed by atoms with Gasteiger partial charge >= 0.3 is 0 Å². The molecule has 0 heterocycles. The average Bonchev–Trinajstić information content (AvgIpc) is 2.93. The molecule has 0 spiro atoms. The monoisotopic (exact) mass is 623 g/mol. The Morgan fingerprint density at radius 2 is 1.60 bits per heavy atom. The predicted molar refractivity (Wildman–Crippen MR) is 162 cm³/mol. The Balaban J connectivity index is 2.07. The van der Waals surface area contributed by atoms with E-state index in [1.165, 1.54) is 23.1 Å². The number of halogens is 3. The molecule has 3 aromatic rings. The number of hydrogen-bond donors (Lipinski definition) is 1. The van der Waals surface area contributed by atoms with Crippen LogP contribution in [0, 0.1) is 6.92 Å². The first-order valence-corrected chi connectivity index (χ1v) is 15.3. The lowest BCUT2D eigenvalue weighted by Gasteiger charge is -2.33. The van der Waals surface area contributed by atoms with Crippen molar-refractivity contribution in [2.75, 3.05) is 10.8 Å². The summed E-state index contributed by atoms with van der Waals surface area (Å²) < 4.78 is 28.8. The fourth-order valence-electron chi connectivity index (χ4n) is 3.97. The van der Waals surface area contributed by atoms with Gasteiger partial charge in [-0.1, -0.05) is 72.1 Å². The third-order valence-electron chi connectivity index (χ3n) is 6.56. The SMILES string of the molecule is CCC(C)NC(=O)C(C)N(Cc1ccc(Cl)c(Cl)c1)C(=O)CN(c1cc(Cl)ccc1C)S(=O)(=O)c1ccccc1. The number of hydrogen-bond acceptors (Lipinski definition) is 4. The van der Waals surface area contributed by atoms with Gasteiger partial charge in [0.25, 0.3) is 10.0 Å². The van der Waals surface area contributed by atoms with Crippen molar-refractivity contribution < 1.29 is 18.0 Å². The standard InChI is InChI=1S/C29H32Cl3N3O4S/c1-5-20(3)33-29(37)21(4)34(17-22-12-14-25(31)26(32)15-22)28(36)18-35(27-16-23(30)13-11-19(27)2)40(38,39)24-9-7-6-8-10-24/h6-16,20-21H,5,17-18H2,1-4H3,(H,33,37). The Hall–Kier alpha value is -2.78. The average molecular weight is 625 g/mol. The van der Waals surface area contributed by atoms with E-state index in [9.17, 15) is 18.0 Å². The Morgan fingerprint density at radius 3 is 2.23 bits per heavy atom. The normalized spacial score (nSPS) is 12.9. The van der Waals surface area contributed by atoms with Crippen molar-refractivity contribution in [1.82, 2.24) is 10.2 Å². The third-order valence-corrected chi connectivity index (χ3v) is 9.30. The van der Waals surface area contributed by atoms with Crippen molar-refractivity contribution in [2.45, 2.75) is 57.6 Å². The molecule has 0 saturated carbocycles. The maximum atomic E-state index is 14.0. The summed E-state index contributed by atoms with van der Waals surface area (Å²) in [5.74, 6) is -0.948. The van der Waals surface area contributed by atoms with Crippen LogP contribution in [0.5, 0.6) is 0 Å². The molecule has 0 radical (unpaired) electrons. The van der Waals surface area contributed by atoms with Gasteiger partial charge in [0.05, 0.1) is 20.6 Å². The fourth-order valence-corrected chi connectivity index (χ4v) is 5.95. The summed E-state index contributed by atoms with van der Waals surface area (Å²) in [6, 6.07) is 16.6. The number of nitrogens with one attached hydrogen (secondary N) is 1. The number of anilines is 1. The van der Waals surface area contributed by atoms with E-state index in [0.717, 1.165) is 4.31 Å². The first kappa shape index (κ1) is 31.7. The summed E-state index contributed by atoms with van der Waals surface area (Å²) in [5, 5.41) is 3.86. The topological polar surface area (TPSA) is 86.8 Å². The van der Waals surface area contributed by atoms with E-state index in [4.69, 9.17) is 34.8 Å². The largest absolute Gasteiger partial charge is 0.352 e. The van der Waals surface area contributed by atoms with Crippen LogP contribution in [0.25, 0.3) is 0 Å². The molecule has 0 aliphatic heterocycles. The molecule has 7 nitrogen and oxygen atoms in total. The maximum absolute atomic E-state index is 14.0. The lowest BCUT2D eigenvalue weighted by Crippen LogP contribution is -2.52. The summed E-state index contributed by atoms with van der Waals surface area (Å²) in [7, 11) is -4.19.